The zero-order chi connectivity index (χ0) is 99.7. The third-order valence-corrected chi connectivity index (χ3v) is 25.7. The number of aromatic nitrogens is 16. The van der Waals surface area contributed by atoms with Gasteiger partial charge in [-0.15, -0.1) is 40.8 Å². The van der Waals surface area contributed by atoms with Gasteiger partial charge in [0.15, 0.2) is 0 Å². The Morgan fingerprint density at radius 3 is 0.837 bits per heavy atom. The third kappa shape index (κ3) is 30.2. The highest BCUT2D eigenvalue weighted by molar-refractivity contribution is 6.31. The van der Waals surface area contributed by atoms with Gasteiger partial charge in [-0.1, -0.05) is 256 Å². The first-order valence-electron chi connectivity index (χ1n) is 48.4. The number of aryl methyl sites for hydroxylation is 2. The van der Waals surface area contributed by atoms with Crippen molar-refractivity contribution in [3.63, 3.8) is 0 Å². The Bertz CT molecular complexity index is 7820. The van der Waals surface area contributed by atoms with Gasteiger partial charge in [-0.25, -0.2) is 0 Å². The number of nitriles is 4. The predicted molar refractivity (Wildman–Crippen MR) is 580 cm³/mol. The molecule has 734 valence electrons. The van der Waals surface area contributed by atoms with Crippen LogP contribution in [0, 0.1) is 59.2 Å². The third-order valence-electron chi connectivity index (χ3n) is 25.3. The highest BCUT2D eigenvalue weighted by Crippen LogP contribution is 2.26. The second kappa shape index (κ2) is 52.6. The maximum absolute atomic E-state index is 9.08. The molecule has 0 aliphatic carbocycles. The molecule has 0 N–H and O–H groups in total. The van der Waals surface area contributed by atoms with Crippen LogP contribution in [-0.2, 0) is 104 Å². The molecule has 0 amide bonds. The van der Waals surface area contributed by atoms with Crippen LogP contribution in [0.4, 0.5) is 0 Å². The SMILES string of the molecule is C.C.COc1ccc(CCN(Cc2ccc3ccccc3n2)Cc2nncn2Cc2ccc(C#N)cc2)cc1.Cc1ccc(CCN(Cc2ccc3ccccc3n2)Cc2nncn2Cc2ccc(C#N)cc2)c(Cl)c1.Cc1ccc(CCN(Cc2ccc3ccccc3n2)Cc2nncn2Cc2ccc(C#N)cc2)cc1.N#Cc1ccc(Cn2cnnc2CN(CCc2ccccc2)Cc2ccc3ccccc3n2)cc1. The van der Waals surface area contributed by atoms with E-state index in [1.165, 1.54) is 22.3 Å². The Labute approximate surface area is 864 Å². The molecule has 0 saturated carbocycles. The molecule has 0 unspecified atom stereocenters. The van der Waals surface area contributed by atoms with Crippen LogP contribution >= 0.6 is 11.6 Å². The fourth-order valence-electron chi connectivity index (χ4n) is 17.2. The maximum atomic E-state index is 9.08. The second-order valence-electron chi connectivity index (χ2n) is 36.0. The number of fused-ring (bicyclic) bond motifs is 4. The van der Waals surface area contributed by atoms with Crippen LogP contribution in [-0.4, -0.2) is 132 Å². The lowest BCUT2D eigenvalue weighted by atomic mass is 10.1. The van der Waals surface area contributed by atoms with Gasteiger partial charge < -0.3 is 23.0 Å². The highest BCUT2D eigenvalue weighted by atomic mass is 35.5. The average molecular weight is 1960 g/mol. The van der Waals surface area contributed by atoms with Crippen LogP contribution in [0.5, 0.6) is 5.75 Å². The van der Waals surface area contributed by atoms with E-state index in [9.17, 15) is 0 Å². The standard InChI is InChI=1S/C30H27ClN6.C30H28N6O.C30H28N6.C29H26N6.2CH4/c1-22-6-11-25(28(31)16-22)14-15-36(19-27-13-12-26-4-2-3-5-29(26)34-27)20-30-35-33-21-37(30)18-24-9-7-23(17-32)8-10-24;1-37-28-14-10-23(11-15-28)16-17-35(20-27-13-12-26-4-2-3-5-29(26)33-27)21-30-34-32-22-36(30)19-25-8-6-24(18-31)7-9-25;1-23-6-8-24(9-7-23)16-17-35(20-28-15-14-27-4-2-3-5-29(27)33-28)21-30-34-32-22-36(30)19-26-12-10-25(18-31)11-13-26;30-18-24-10-12-25(13-11-24)19-35-22-31-33-29(35)21-34(17-16-23-6-2-1-3-7-23)20-27-15-14-26-8-4-5-9-28(26)32-27;;/h2-13,16,21H,14-15,18-20H2,1H3;2-15,22H,16-17,19-21H2,1H3;2-15,22H,16-17,19-21H2,1H3;1-15,22H,16-17,19-21H2;2*1H4. The van der Waals surface area contributed by atoms with E-state index in [-0.39, 0.29) is 14.9 Å². The van der Waals surface area contributed by atoms with Crippen LogP contribution in [0.1, 0.15) is 139 Å². The number of nitrogens with zero attached hydrogens (tertiary/aromatic N) is 24. The molecule has 147 heavy (non-hydrogen) atoms. The van der Waals surface area contributed by atoms with Crippen LogP contribution < -0.4 is 4.74 Å². The Kier molecular flexibility index (Phi) is 37.3. The summed E-state index contributed by atoms with van der Waals surface area (Å²) in [4.78, 5) is 29.1. The molecular formula is C121H117ClN24O. The molecule has 8 aromatic heterocycles. The number of benzene rings is 12. The zero-order valence-corrected chi connectivity index (χ0v) is 82.1. The van der Waals surface area contributed by atoms with Gasteiger partial charge >= 0.3 is 0 Å². The number of pyridine rings is 4. The van der Waals surface area contributed by atoms with E-state index in [1.807, 2.05) is 183 Å². The van der Waals surface area contributed by atoms with E-state index in [0.717, 1.165) is 199 Å². The summed E-state index contributed by atoms with van der Waals surface area (Å²) in [5, 5.41) is 76.2. The van der Waals surface area contributed by atoms with E-state index in [2.05, 4.69) is 274 Å². The van der Waals surface area contributed by atoms with Crippen molar-refractivity contribution in [2.45, 2.75) is 133 Å². The summed E-state index contributed by atoms with van der Waals surface area (Å²) in [6, 6.07) is 123. The largest absolute Gasteiger partial charge is 0.497 e. The predicted octanol–water partition coefficient (Wildman–Crippen LogP) is 22.5. The topological polar surface area (TPSA) is 292 Å². The molecule has 0 bridgehead atoms. The van der Waals surface area contributed by atoms with Crippen molar-refractivity contribution in [3.05, 3.63) is 494 Å². The van der Waals surface area contributed by atoms with Crippen LogP contribution in [0.15, 0.2) is 365 Å². The average Bonchev–Trinajstić information content (AvgIpc) is 1.68. The molecule has 0 aliphatic heterocycles. The number of hydrogen-bond donors (Lipinski definition) is 0. The normalized spacial score (nSPS) is 11.0. The van der Waals surface area contributed by atoms with Gasteiger partial charge in [0.05, 0.1) is 151 Å². The van der Waals surface area contributed by atoms with E-state index in [0.29, 0.717) is 87.7 Å². The summed E-state index contributed by atoms with van der Waals surface area (Å²) in [7, 11) is 1.68. The van der Waals surface area contributed by atoms with E-state index < -0.39 is 0 Å². The van der Waals surface area contributed by atoms with Crippen molar-refractivity contribution in [2.24, 2.45) is 0 Å². The zero-order valence-electron chi connectivity index (χ0n) is 81.3. The van der Waals surface area contributed by atoms with Crippen molar-refractivity contribution in [3.8, 4) is 30.0 Å². The monoisotopic (exact) mass is 1960 g/mol. The Morgan fingerprint density at radius 1 is 0.279 bits per heavy atom. The Balaban J connectivity index is 0.000000146. The van der Waals surface area contributed by atoms with Gasteiger partial charge in [0.2, 0.25) is 0 Å². The van der Waals surface area contributed by atoms with E-state index >= 15 is 0 Å². The minimum absolute atomic E-state index is 0. The van der Waals surface area contributed by atoms with E-state index in [1.54, 1.807) is 32.4 Å². The van der Waals surface area contributed by atoms with Gasteiger partial charge in [-0.05, 0) is 205 Å². The molecule has 0 fully saturated rings. The molecule has 20 aromatic rings. The molecule has 20 rings (SSSR count). The Morgan fingerprint density at radius 2 is 0.544 bits per heavy atom. The lowest BCUT2D eigenvalue weighted by Crippen LogP contribution is -2.27. The molecule has 0 saturated heterocycles. The number of rotatable bonds is 37. The van der Waals surface area contributed by atoms with E-state index in [4.69, 9.17) is 57.3 Å². The molecule has 12 aromatic carbocycles. The van der Waals surface area contributed by atoms with Crippen LogP contribution in [0.25, 0.3) is 43.6 Å². The van der Waals surface area contributed by atoms with Crippen molar-refractivity contribution < 1.29 is 4.74 Å². The smallest absolute Gasteiger partial charge is 0.147 e. The molecular weight excluding hydrogens is 1840 g/mol. The van der Waals surface area contributed by atoms with Gasteiger partial charge in [0.1, 0.15) is 54.4 Å². The molecule has 0 radical (unpaired) electrons. The first-order valence-corrected chi connectivity index (χ1v) is 48.8. The minimum Gasteiger partial charge on any atom is -0.497 e. The minimum atomic E-state index is 0. The summed E-state index contributed by atoms with van der Waals surface area (Å²) < 4.78 is 13.6. The van der Waals surface area contributed by atoms with Gasteiger partial charge in [0, 0.05) is 78.9 Å². The number of methoxy groups -OCH3 is 1. The summed E-state index contributed by atoms with van der Waals surface area (Å²) in [6.07, 6.45) is 10.7. The fourth-order valence-corrected chi connectivity index (χ4v) is 17.5. The Hall–Kier alpha value is -17.3. The van der Waals surface area contributed by atoms with Crippen LogP contribution in [0.3, 0.4) is 0 Å². The lowest BCUT2D eigenvalue weighted by molar-refractivity contribution is 0.247. The van der Waals surface area contributed by atoms with Crippen molar-refractivity contribution in [1.82, 2.24) is 98.6 Å². The summed E-state index contributed by atoms with van der Waals surface area (Å²) in [5.74, 6) is 4.43. The molecule has 25 nitrogen and oxygen atoms in total. The number of para-hydroxylation sites is 4. The lowest BCUT2D eigenvalue weighted by Gasteiger charge is -2.22. The molecule has 0 atom stereocenters. The number of ether oxygens (including phenoxy) is 1. The van der Waals surface area contributed by atoms with Crippen LogP contribution in [0.2, 0.25) is 5.02 Å². The van der Waals surface area contributed by atoms with Gasteiger partial charge in [0.25, 0.3) is 0 Å². The second-order valence-corrected chi connectivity index (χ2v) is 36.4. The number of halogens is 1. The molecule has 0 aliphatic rings. The molecule has 26 heteroatoms. The maximum Gasteiger partial charge on any atom is 0.147 e. The quantitative estimate of drug-likeness (QED) is 0.0349. The van der Waals surface area contributed by atoms with Gasteiger partial charge in [-0.3, -0.25) is 39.5 Å². The summed E-state index contributed by atoms with van der Waals surface area (Å²) in [5.41, 5.74) is 22.6. The van der Waals surface area contributed by atoms with Gasteiger partial charge in [-0.2, -0.15) is 21.0 Å². The summed E-state index contributed by atoms with van der Waals surface area (Å²) >= 11 is 6.54. The highest BCUT2D eigenvalue weighted by Gasteiger charge is 2.22. The van der Waals surface area contributed by atoms with Crippen molar-refractivity contribution in [2.75, 3.05) is 33.3 Å². The first kappa shape index (κ1) is 104. The molecule has 8 heterocycles. The summed E-state index contributed by atoms with van der Waals surface area (Å²) in [6.45, 7) is 15.6. The molecule has 0 spiro atoms. The van der Waals surface area contributed by atoms with Crippen molar-refractivity contribution >= 4 is 55.2 Å². The van der Waals surface area contributed by atoms with Crippen molar-refractivity contribution in [1.29, 1.82) is 21.0 Å². The fraction of sp³-hybridized carbons (Fsp3) is 0.207. The first-order chi connectivity index (χ1) is 71.2. The number of hydrogen-bond acceptors (Lipinski definition) is 21.